The summed E-state index contributed by atoms with van der Waals surface area (Å²) in [6, 6.07) is 63.6. The molecule has 0 aliphatic rings. The Kier molecular flexibility index (Phi) is 15.2. The first-order valence-corrected chi connectivity index (χ1v) is 24.9. The standard InChI is InChI=1S/C27H27N2.C21H17N2.C21H23N2.3Ir/c1-19(2)24-17-23(21-11-7-5-8-12-21)18-25(20(3)4)26(24)29-16-15-28-27(29)22-13-9-6-10-14-22;1-15-9-8-10-16(2)20(15)23-19-14-7-6-13-18(19)22-21(23)17-11-4-3-5-12-17;1-15(2)18-11-8-12-19(16(3)4)20(18)23-14-13-22-21(23)17-9-6-5-7-10-17;;;/h5-13,15-20H,1-4H3;3-11,13-14H,1-2H3;5-9,11-16H,1-4H3;;;/q3*-1;;;/i1D3,3D3;1D3;1D3,3D3;;;. The predicted molar refractivity (Wildman–Crippen MR) is 312 cm³/mol. The van der Waals surface area contributed by atoms with E-state index in [0.29, 0.717) is 62.4 Å². The van der Waals surface area contributed by atoms with E-state index in [1.54, 1.807) is 104 Å². The molecule has 9 heteroatoms. The van der Waals surface area contributed by atoms with Crippen LogP contribution in [0.25, 0.3) is 73.4 Å². The molecule has 0 spiro atoms. The number of para-hydroxylation sites is 4. The maximum atomic E-state index is 8.18. The van der Waals surface area contributed by atoms with Crippen LogP contribution >= 0.6 is 0 Å². The quantitative estimate of drug-likeness (QED) is 0.121. The number of benzene rings is 8. The number of aryl methyl sites for hydroxylation is 2. The Morgan fingerprint density at radius 2 is 0.885 bits per heavy atom. The predicted octanol–water partition coefficient (Wildman–Crippen LogP) is 17.9. The average Bonchev–Trinajstić information content (AvgIpc) is 1.77. The second-order valence-electron chi connectivity index (χ2n) is 18.3. The van der Waals surface area contributed by atoms with Crippen molar-refractivity contribution in [2.75, 3.05) is 0 Å². The van der Waals surface area contributed by atoms with Crippen LogP contribution in [0.5, 0.6) is 0 Å². The molecular formula is C69H67Ir3N6-3. The molecule has 3 radical (unpaired) electrons. The second kappa shape index (κ2) is 28.0. The third-order valence-electron chi connectivity index (χ3n) is 12.9. The van der Waals surface area contributed by atoms with Crippen molar-refractivity contribution in [1.82, 2.24) is 28.7 Å². The normalized spacial score (nSPS) is 15.9. The third kappa shape index (κ3) is 13.4. The molecule has 0 aliphatic heterocycles. The van der Waals surface area contributed by atoms with Gasteiger partial charge in [0, 0.05) is 123 Å². The number of hydrogen-bond donors (Lipinski definition) is 0. The Morgan fingerprint density at radius 3 is 1.38 bits per heavy atom. The molecule has 8 aromatic carbocycles. The molecule has 3 aromatic heterocycles. The van der Waals surface area contributed by atoms with Gasteiger partial charge in [0.05, 0.1) is 28.5 Å². The maximum absolute atomic E-state index is 8.18. The Morgan fingerprint density at radius 1 is 0.436 bits per heavy atom. The summed E-state index contributed by atoms with van der Waals surface area (Å²) >= 11 is 0. The second-order valence-corrected chi connectivity index (χ2v) is 18.3. The minimum Gasteiger partial charge on any atom is -0.340 e. The Bertz CT molecular complexity index is 4140. The molecule has 4 unspecified atom stereocenters. The van der Waals surface area contributed by atoms with Gasteiger partial charge in [-0.25, -0.2) is 0 Å². The van der Waals surface area contributed by atoms with Crippen LogP contribution in [-0.2, 0) is 60.3 Å². The van der Waals surface area contributed by atoms with Crippen molar-refractivity contribution < 1.29 is 80.9 Å². The summed E-state index contributed by atoms with van der Waals surface area (Å²) in [6.45, 7) is -2.71. The molecule has 78 heavy (non-hydrogen) atoms. The molecule has 0 saturated carbocycles. The number of rotatable bonds is 11. The summed E-state index contributed by atoms with van der Waals surface area (Å²) in [4.78, 5) is 13.7. The topological polar surface area (TPSA) is 53.5 Å². The minimum absolute atomic E-state index is 0. The molecule has 11 rings (SSSR count). The van der Waals surface area contributed by atoms with Gasteiger partial charge in [-0.05, 0) is 106 Å². The van der Waals surface area contributed by atoms with Crippen LogP contribution < -0.4 is 0 Å². The van der Waals surface area contributed by atoms with Gasteiger partial charge in [0.1, 0.15) is 0 Å². The molecule has 403 valence electrons. The fourth-order valence-corrected chi connectivity index (χ4v) is 9.33. The number of imidazole rings is 3. The van der Waals surface area contributed by atoms with Crippen LogP contribution in [0.2, 0.25) is 0 Å². The van der Waals surface area contributed by atoms with E-state index in [-0.39, 0.29) is 60.3 Å². The van der Waals surface area contributed by atoms with Gasteiger partial charge in [-0.15, -0.1) is 108 Å². The largest absolute Gasteiger partial charge is 0.340 e. The maximum Gasteiger partial charge on any atom is 0.0774 e. The molecule has 0 amide bonds. The summed E-state index contributed by atoms with van der Waals surface area (Å²) in [6.07, 6.45) is 6.74. The molecule has 0 fully saturated rings. The molecule has 4 atom stereocenters. The van der Waals surface area contributed by atoms with E-state index in [2.05, 4.69) is 28.2 Å². The van der Waals surface area contributed by atoms with Gasteiger partial charge in [0.2, 0.25) is 0 Å². The van der Waals surface area contributed by atoms with E-state index in [1.165, 1.54) is 0 Å². The molecule has 0 saturated heterocycles. The first kappa shape index (κ1) is 42.5. The van der Waals surface area contributed by atoms with Crippen molar-refractivity contribution in [3.8, 4) is 62.4 Å². The van der Waals surface area contributed by atoms with Gasteiger partial charge >= 0.3 is 0 Å². The molecule has 0 bridgehead atoms. The fraction of sp³-hybridized carbons (Fsp3) is 0.203. The van der Waals surface area contributed by atoms with E-state index in [0.717, 1.165) is 44.4 Å². The molecule has 0 aliphatic carbocycles. The van der Waals surface area contributed by atoms with E-state index in [4.69, 9.17) is 25.5 Å². The zero-order valence-electron chi connectivity index (χ0n) is 58.5. The van der Waals surface area contributed by atoms with Crippen molar-refractivity contribution in [2.24, 2.45) is 0 Å². The van der Waals surface area contributed by atoms with Gasteiger partial charge < -0.3 is 13.7 Å². The summed E-state index contributed by atoms with van der Waals surface area (Å²) in [5, 5.41) is 0. The Hall–Kier alpha value is -6.40. The van der Waals surface area contributed by atoms with Crippen LogP contribution in [0.3, 0.4) is 0 Å². The smallest absolute Gasteiger partial charge is 0.0774 e. The third-order valence-corrected chi connectivity index (χ3v) is 12.9. The number of fused-ring (bicyclic) bond motifs is 1. The van der Waals surface area contributed by atoms with E-state index in [9.17, 15) is 0 Å². The molecule has 11 aromatic rings. The zero-order valence-corrected chi connectivity index (χ0v) is 50.7. The van der Waals surface area contributed by atoms with Gasteiger partial charge in [-0.3, -0.25) is 15.0 Å². The average molecular weight is 1570 g/mol. The number of hydrogen-bond acceptors (Lipinski definition) is 3. The van der Waals surface area contributed by atoms with Gasteiger partial charge in [-0.1, -0.05) is 134 Å². The SMILES string of the molecule is [2H]C([2H])([2H])C(C)c1cc(-c2ccccc2)cc(C(C)C([2H])([2H])[2H])c1-n1ccnc1-c1[c-]cccc1.[2H]C([2H])([2H])C(C)c1cccc(C(C)C([2H])([2H])[2H])c1-n1ccnc1-c1[c-]cccc1.[2H]C([2H])([2H])c1cccc(C)c1-n1c(-c2[c-]cccc2)nc2ccccc21.[Ir].[Ir].[Ir]. The molecule has 0 N–H and O–H groups in total. The van der Waals surface area contributed by atoms with Crippen LogP contribution in [-0.4, -0.2) is 28.7 Å². The van der Waals surface area contributed by atoms with Crippen molar-refractivity contribution in [3.63, 3.8) is 0 Å². The van der Waals surface area contributed by atoms with E-state index in [1.807, 2.05) is 145 Å². The van der Waals surface area contributed by atoms with E-state index >= 15 is 0 Å². The first-order valence-electron chi connectivity index (χ1n) is 32.4. The van der Waals surface area contributed by atoms with E-state index < -0.39 is 57.9 Å². The first-order chi connectivity index (χ1) is 42.5. The van der Waals surface area contributed by atoms with Crippen molar-refractivity contribution >= 4 is 11.0 Å². The van der Waals surface area contributed by atoms with Crippen LogP contribution in [0.15, 0.2) is 201 Å². The number of aromatic nitrogens is 6. The van der Waals surface area contributed by atoms with Crippen LogP contribution in [0, 0.1) is 32.0 Å². The van der Waals surface area contributed by atoms with Crippen molar-refractivity contribution in [2.45, 2.75) is 92.5 Å². The molecule has 3 heterocycles. The zero-order chi connectivity index (χ0) is 65.1. The summed E-state index contributed by atoms with van der Waals surface area (Å²) in [5.74, 6) is -1.43. The minimum atomic E-state index is -2.29. The molecular weight excluding hydrogens is 1490 g/mol. The van der Waals surface area contributed by atoms with Gasteiger partial charge in [0.15, 0.2) is 0 Å². The Balaban J connectivity index is 0.000000220. The van der Waals surface area contributed by atoms with Crippen LogP contribution in [0.4, 0.5) is 0 Å². The van der Waals surface area contributed by atoms with Crippen LogP contribution in [0.1, 0.15) is 133 Å². The molecule has 6 nitrogen and oxygen atoms in total. The van der Waals surface area contributed by atoms with Gasteiger partial charge in [-0.2, -0.15) is 0 Å². The fourth-order valence-electron chi connectivity index (χ4n) is 9.33. The summed E-state index contributed by atoms with van der Waals surface area (Å²) < 4.78 is 126. The summed E-state index contributed by atoms with van der Waals surface area (Å²) in [7, 11) is 0. The summed E-state index contributed by atoms with van der Waals surface area (Å²) in [5.41, 5.74) is 10.8. The number of nitrogens with zero attached hydrogens (tertiary/aromatic N) is 6. The van der Waals surface area contributed by atoms with Gasteiger partial charge in [0.25, 0.3) is 0 Å². The monoisotopic (exact) mass is 1570 g/mol. The van der Waals surface area contributed by atoms with Crippen molar-refractivity contribution in [1.29, 1.82) is 0 Å². The van der Waals surface area contributed by atoms with Crippen molar-refractivity contribution in [3.05, 3.63) is 252 Å². The Labute approximate surface area is 524 Å².